The van der Waals surface area contributed by atoms with Crippen LogP contribution in [0.2, 0.25) is 0 Å². The van der Waals surface area contributed by atoms with Crippen LogP contribution in [0, 0.1) is 103 Å². The normalized spacial score (nSPS) is 11.1. The summed E-state index contributed by atoms with van der Waals surface area (Å²) in [7, 11) is 10.8. The van der Waals surface area contributed by atoms with Crippen LogP contribution in [0.25, 0.3) is 111 Å². The molecule has 103 heavy (non-hydrogen) atoms. The van der Waals surface area contributed by atoms with Crippen molar-refractivity contribution in [3.8, 4) is 56.3 Å². The van der Waals surface area contributed by atoms with Gasteiger partial charge in [-0.05, 0) is 243 Å². The van der Waals surface area contributed by atoms with Crippen molar-refractivity contribution in [3.63, 3.8) is 0 Å². The lowest BCUT2D eigenvalue weighted by Crippen LogP contribution is -2.32. The predicted octanol–water partition coefficient (Wildman–Crippen LogP) is 22.2. The number of hydrogen-bond donors (Lipinski definition) is 0. The third kappa shape index (κ3) is 15.8. The van der Waals surface area contributed by atoms with Crippen LogP contribution in [0.5, 0.6) is 0 Å². The fourth-order valence-electron chi connectivity index (χ4n) is 15.3. The summed E-state index contributed by atoms with van der Waals surface area (Å²) in [4.78, 5) is 0. The highest BCUT2D eigenvalue weighted by Crippen LogP contribution is 2.33. The summed E-state index contributed by atoms with van der Waals surface area (Å²) in [6.45, 7) is 35.2. The smallest absolute Gasteiger partial charge is 0.194 e. The van der Waals surface area contributed by atoms with Crippen LogP contribution in [0.1, 0.15) is 97.3 Å². The molecule has 0 spiro atoms. The largest absolute Gasteiger partial charge is 0.213 e. The van der Waals surface area contributed by atoms with E-state index in [9.17, 15) is 0 Å². The molecule has 0 radical (unpaired) electrons. The van der Waals surface area contributed by atoms with E-state index in [4.69, 9.17) is 0 Å². The Morgan fingerprint density at radius 1 is 0.243 bits per heavy atom. The first-order valence-electron chi connectivity index (χ1n) is 36.6. The molecule has 5 nitrogen and oxygen atoms in total. The molecular formula is C98H106N5+5. The summed E-state index contributed by atoms with van der Waals surface area (Å²) in [5, 5.41) is 6.58. The molecule has 0 amide bonds. The average Bonchev–Trinajstić information content (AvgIpc) is 0.805. The minimum absolute atomic E-state index is 0.669. The monoisotopic (exact) mass is 1350 g/mol. The Balaban J connectivity index is 0.000000130. The summed E-state index contributed by atoms with van der Waals surface area (Å²) in [6.07, 6.45) is 1.12. The topological polar surface area (TPSA) is 19.4 Å². The van der Waals surface area contributed by atoms with E-state index in [1.165, 1.54) is 194 Å². The number of pyridine rings is 5. The van der Waals surface area contributed by atoms with Crippen LogP contribution >= 0.6 is 0 Å². The van der Waals surface area contributed by atoms with Crippen molar-refractivity contribution in [1.29, 1.82) is 0 Å². The van der Waals surface area contributed by atoms with Crippen molar-refractivity contribution in [3.05, 3.63) is 326 Å². The van der Waals surface area contributed by atoms with Gasteiger partial charge in [-0.2, -0.15) is 22.8 Å². The number of rotatable bonds is 7. The molecule has 0 saturated carbocycles. The van der Waals surface area contributed by atoms with Crippen LogP contribution in [0.3, 0.4) is 0 Å². The number of aryl methyl sites for hydroxylation is 16. The molecule has 5 aromatic heterocycles. The van der Waals surface area contributed by atoms with Gasteiger partial charge in [0.05, 0.1) is 5.39 Å². The zero-order chi connectivity index (χ0) is 73.7. The van der Waals surface area contributed by atoms with Crippen LogP contribution in [0.15, 0.2) is 243 Å². The SMILES string of the molecule is Cc1cc(C)c(C)c(-c2cc(C)c3c(C)cccc3[n+]2C)c1.Cc1cc(C)c(C)c(-c2ccc3c(CC(C)C)cccc3[n+]2C)c1.Cc1cc(C)c(C)c(-c2ccc3ccccc3[n+]2C)c1.Cc1ccc(-c2ccc3ccccc3[n+]2C)c(C)c1.Cc1ccccc1-c1ccc2ccccc2[n+]1C. The molecule has 5 heterocycles. The molecular weight excluding hydrogens is 1250 g/mol. The number of fused-ring (bicyclic) bond motifs is 5. The lowest BCUT2D eigenvalue weighted by atomic mass is 9.95. The van der Waals surface area contributed by atoms with Crippen molar-refractivity contribution < 1.29 is 22.8 Å². The summed E-state index contributed by atoms with van der Waals surface area (Å²) in [5.74, 6) is 0.669. The molecule has 0 aliphatic rings. The van der Waals surface area contributed by atoms with Crippen molar-refractivity contribution in [2.75, 3.05) is 0 Å². The average molecular weight is 1350 g/mol. The van der Waals surface area contributed by atoms with Gasteiger partial charge in [-0.1, -0.05) is 145 Å². The first-order chi connectivity index (χ1) is 49.3. The molecule has 15 aromatic rings. The summed E-state index contributed by atoms with van der Waals surface area (Å²) in [6, 6.07) is 87.7. The highest BCUT2D eigenvalue weighted by molar-refractivity contribution is 5.86. The van der Waals surface area contributed by atoms with Crippen LogP contribution in [0.4, 0.5) is 0 Å². The maximum atomic E-state index is 2.35. The molecule has 0 atom stereocenters. The van der Waals surface area contributed by atoms with E-state index in [1.807, 2.05) is 0 Å². The van der Waals surface area contributed by atoms with E-state index in [0.717, 1.165) is 6.42 Å². The van der Waals surface area contributed by atoms with Gasteiger partial charge in [0.2, 0.25) is 56.1 Å². The quantitative estimate of drug-likeness (QED) is 0.142. The molecule has 0 bridgehead atoms. The van der Waals surface area contributed by atoms with Gasteiger partial charge >= 0.3 is 0 Å². The standard InChI is InChI=1S/C23H28N.C21H24N.C19H20N.C18H18N.C17H16N/c1-15(2)12-19-8-7-9-22-20(19)10-11-23(24(22)6)21-14-16(3)13-17(4)18(21)5;1-13-10-15(3)17(5)18(11-13)20-12-16(4)21-14(2)8-7-9-19(21)22(20)6;1-13-11-14(2)15(3)17(12-13)19-10-9-16-7-5-6-8-18(16)20(19)4;1-13-8-10-16(14(2)12-13)18-11-9-15-6-4-5-7-17(15)19(18)3;1-13-7-3-5-9-15(13)17-12-11-14-8-4-6-10-16(14)18(17)2/h7-11,13-15H,12H2,1-6H3;7-12H,1-6H3;5-12H,1-4H3;4-12H,1-3H3;3-12H,1-2H3/q5*+1. The molecule has 0 aliphatic heterocycles. The summed E-state index contributed by atoms with van der Waals surface area (Å²) < 4.78 is 11.5. The summed E-state index contributed by atoms with van der Waals surface area (Å²) >= 11 is 0. The van der Waals surface area contributed by atoms with E-state index in [0.29, 0.717) is 5.92 Å². The second kappa shape index (κ2) is 31.6. The lowest BCUT2D eigenvalue weighted by molar-refractivity contribution is -0.633. The lowest BCUT2D eigenvalue weighted by Gasteiger charge is -2.12. The highest BCUT2D eigenvalue weighted by atomic mass is 15.0. The third-order valence-electron chi connectivity index (χ3n) is 21.2. The molecule has 0 unspecified atom stereocenters. The van der Waals surface area contributed by atoms with E-state index >= 15 is 0 Å². The molecule has 0 saturated heterocycles. The minimum atomic E-state index is 0.669. The van der Waals surface area contributed by atoms with Crippen LogP contribution < -0.4 is 22.8 Å². The van der Waals surface area contributed by atoms with Gasteiger partial charge in [-0.3, -0.25) is 0 Å². The first-order valence-corrected chi connectivity index (χ1v) is 36.6. The zero-order valence-electron chi connectivity index (χ0n) is 65.1. The molecule has 518 valence electrons. The maximum Gasteiger partial charge on any atom is 0.213 e. The predicted molar refractivity (Wildman–Crippen MR) is 438 cm³/mol. The molecule has 10 aromatic carbocycles. The number of para-hydroxylation sites is 3. The molecule has 0 fully saturated rings. The van der Waals surface area contributed by atoms with Crippen molar-refractivity contribution in [2.24, 2.45) is 41.2 Å². The molecule has 5 heteroatoms. The van der Waals surface area contributed by atoms with E-state index in [1.54, 1.807) is 0 Å². The number of nitrogens with zero attached hydrogens (tertiary/aromatic N) is 5. The van der Waals surface area contributed by atoms with Gasteiger partial charge in [0.1, 0.15) is 35.2 Å². The van der Waals surface area contributed by atoms with E-state index < -0.39 is 0 Å². The summed E-state index contributed by atoms with van der Waals surface area (Å²) in [5.41, 5.74) is 39.6. The zero-order valence-corrected chi connectivity index (χ0v) is 65.1. The Kier molecular flexibility index (Phi) is 22.6. The maximum absolute atomic E-state index is 2.35. The van der Waals surface area contributed by atoms with Crippen LogP contribution in [-0.4, -0.2) is 0 Å². The van der Waals surface area contributed by atoms with Gasteiger partial charge in [-0.15, -0.1) is 0 Å². The van der Waals surface area contributed by atoms with E-state index in [-0.39, 0.29) is 0 Å². The Morgan fingerprint density at radius 3 is 1.07 bits per heavy atom. The third-order valence-corrected chi connectivity index (χ3v) is 21.2. The minimum Gasteiger partial charge on any atom is -0.194 e. The van der Waals surface area contributed by atoms with Crippen molar-refractivity contribution in [2.45, 2.75) is 117 Å². The fraction of sp³-hybridized carbons (Fsp3) is 0.235. The van der Waals surface area contributed by atoms with Crippen LogP contribution in [-0.2, 0) is 41.7 Å². The second-order valence-electron chi connectivity index (χ2n) is 29.4. The fourth-order valence-corrected chi connectivity index (χ4v) is 15.3. The van der Waals surface area contributed by atoms with E-state index in [2.05, 4.69) is 412 Å². The number of aromatic nitrogens is 5. The Hall–Kier alpha value is -10.8. The second-order valence-corrected chi connectivity index (χ2v) is 29.4. The van der Waals surface area contributed by atoms with Gasteiger partial charge in [-0.25, -0.2) is 0 Å². The van der Waals surface area contributed by atoms with Crippen molar-refractivity contribution >= 4 is 54.5 Å². The Bertz CT molecular complexity index is 5690. The molecule has 0 N–H and O–H groups in total. The molecule has 0 aliphatic carbocycles. The molecule has 15 rings (SSSR count). The van der Waals surface area contributed by atoms with Gasteiger partial charge in [0, 0.05) is 110 Å². The Morgan fingerprint density at radius 2 is 0.602 bits per heavy atom. The first kappa shape index (κ1) is 73.5. The van der Waals surface area contributed by atoms with Gasteiger partial charge in [0.15, 0.2) is 0 Å². The Labute approximate surface area is 614 Å². The van der Waals surface area contributed by atoms with Gasteiger partial charge < -0.3 is 0 Å². The van der Waals surface area contributed by atoms with Crippen molar-refractivity contribution in [1.82, 2.24) is 0 Å². The number of benzene rings is 10. The highest BCUT2D eigenvalue weighted by Gasteiger charge is 2.23. The number of hydrogen-bond acceptors (Lipinski definition) is 0. The van der Waals surface area contributed by atoms with Gasteiger partial charge in [0.25, 0.3) is 0 Å².